The van der Waals surface area contributed by atoms with E-state index >= 15 is 0 Å². The van der Waals surface area contributed by atoms with Crippen molar-refractivity contribution in [1.82, 2.24) is 4.90 Å². The van der Waals surface area contributed by atoms with Crippen LogP contribution in [0.4, 0.5) is 0 Å². The Kier molecular flexibility index (Phi) is 2.96. The monoisotopic (exact) mass is 293 g/mol. The molecule has 1 saturated heterocycles. The lowest BCUT2D eigenvalue weighted by molar-refractivity contribution is -0.131. The second-order valence-corrected chi connectivity index (χ2v) is 6.22. The normalized spacial score (nSPS) is 26.0. The van der Waals surface area contributed by atoms with Crippen LogP contribution in [0.2, 0.25) is 0 Å². The zero-order chi connectivity index (χ0) is 15.2. The average Bonchev–Trinajstić information content (AvgIpc) is 3.22. The number of rotatable bonds is 4. The maximum absolute atomic E-state index is 12.4. The van der Waals surface area contributed by atoms with Gasteiger partial charge in [-0.3, -0.25) is 4.79 Å². The second-order valence-electron chi connectivity index (χ2n) is 6.22. The summed E-state index contributed by atoms with van der Waals surface area (Å²) in [7, 11) is 1.66. The van der Waals surface area contributed by atoms with Crippen LogP contribution in [0.1, 0.15) is 24.0 Å². The van der Waals surface area contributed by atoms with Gasteiger partial charge in [-0.05, 0) is 35.6 Å². The van der Waals surface area contributed by atoms with Crippen LogP contribution in [-0.4, -0.2) is 17.9 Å². The number of likely N-dealkylation sites (tertiary alicyclic amines) is 1. The number of fused-ring (bicyclic) bond motifs is 1. The molecule has 1 aliphatic carbocycles. The van der Waals surface area contributed by atoms with Crippen LogP contribution in [0.3, 0.4) is 0 Å². The van der Waals surface area contributed by atoms with E-state index in [9.17, 15) is 4.79 Å². The third kappa shape index (κ3) is 1.92. The maximum atomic E-state index is 12.4. The van der Waals surface area contributed by atoms with Crippen LogP contribution < -0.4 is 4.74 Å². The minimum atomic E-state index is -0.0573. The number of hydrogen-bond acceptors (Lipinski definition) is 2. The molecule has 1 amide bonds. The molecule has 2 aromatic carbocycles. The summed E-state index contributed by atoms with van der Waals surface area (Å²) < 4.78 is 5.20. The second kappa shape index (κ2) is 4.87. The van der Waals surface area contributed by atoms with Gasteiger partial charge in [0.15, 0.2) is 0 Å². The zero-order valence-electron chi connectivity index (χ0n) is 12.7. The van der Waals surface area contributed by atoms with Crippen LogP contribution >= 0.6 is 0 Å². The summed E-state index contributed by atoms with van der Waals surface area (Å²) in [5.74, 6) is 1.61. The molecule has 0 bridgehead atoms. The van der Waals surface area contributed by atoms with Gasteiger partial charge in [0.1, 0.15) is 5.75 Å². The van der Waals surface area contributed by atoms with Crippen LogP contribution in [0.15, 0.2) is 54.6 Å². The Morgan fingerprint density at radius 1 is 1.14 bits per heavy atom. The fraction of sp³-hybridized carbons (Fsp3) is 0.316. The molecule has 0 N–H and O–H groups in total. The number of nitrogens with zero attached hydrogens (tertiary/aromatic N) is 1. The largest absolute Gasteiger partial charge is 0.497 e. The highest BCUT2D eigenvalue weighted by Crippen LogP contribution is 2.63. The number of carbonyl (C=O) groups excluding carboxylic acids is 1. The Hall–Kier alpha value is -2.29. The summed E-state index contributed by atoms with van der Waals surface area (Å²) in [4.78, 5) is 14.5. The third-order valence-electron chi connectivity index (χ3n) is 5.05. The van der Waals surface area contributed by atoms with Crippen molar-refractivity contribution in [3.63, 3.8) is 0 Å². The molecule has 2 fully saturated rings. The third-order valence-corrected chi connectivity index (χ3v) is 5.05. The number of hydrogen-bond donors (Lipinski definition) is 0. The van der Waals surface area contributed by atoms with E-state index in [4.69, 9.17) is 4.74 Å². The summed E-state index contributed by atoms with van der Waals surface area (Å²) in [6.07, 6.45) is 1.78. The quantitative estimate of drug-likeness (QED) is 0.865. The van der Waals surface area contributed by atoms with Gasteiger partial charge in [-0.25, -0.2) is 0 Å². The predicted octanol–water partition coefficient (Wildman–Crippen LogP) is 3.34. The van der Waals surface area contributed by atoms with Crippen LogP contribution in [0.25, 0.3) is 0 Å². The van der Waals surface area contributed by atoms with Crippen LogP contribution in [0.5, 0.6) is 5.75 Å². The summed E-state index contributed by atoms with van der Waals surface area (Å²) in [6.45, 7) is 0.675. The van der Waals surface area contributed by atoms with Gasteiger partial charge in [0, 0.05) is 13.0 Å². The molecule has 3 nitrogen and oxygen atoms in total. The van der Waals surface area contributed by atoms with Crippen LogP contribution in [0, 0.1) is 5.92 Å². The van der Waals surface area contributed by atoms with Crippen molar-refractivity contribution in [2.75, 3.05) is 7.11 Å². The fourth-order valence-electron chi connectivity index (χ4n) is 3.81. The molecular weight excluding hydrogens is 274 g/mol. The molecule has 0 aromatic heterocycles. The smallest absolute Gasteiger partial charge is 0.223 e. The number of carbonyl (C=O) groups is 1. The van der Waals surface area contributed by atoms with Crippen molar-refractivity contribution in [3.8, 4) is 5.75 Å². The first kappa shape index (κ1) is 13.4. The highest BCUT2D eigenvalue weighted by Gasteiger charge is 2.65. The standard InChI is InChI=1S/C19H19NO2/c1-22-17-9-7-14(8-10-17)13-20-18(21)11-16-12-19(16,20)15-5-3-2-4-6-15/h2-10,16H,11-13H2,1H3/t16-,19-/m0/s1. The van der Waals surface area contributed by atoms with E-state index in [0.717, 1.165) is 17.7 Å². The Morgan fingerprint density at radius 3 is 2.55 bits per heavy atom. The van der Waals surface area contributed by atoms with Gasteiger partial charge in [-0.1, -0.05) is 42.5 Å². The molecule has 1 aliphatic heterocycles. The lowest BCUT2D eigenvalue weighted by Gasteiger charge is -2.29. The fourth-order valence-corrected chi connectivity index (χ4v) is 3.81. The molecule has 112 valence electrons. The first-order valence-electron chi connectivity index (χ1n) is 7.73. The average molecular weight is 293 g/mol. The van der Waals surface area contributed by atoms with Gasteiger partial charge in [0.05, 0.1) is 12.6 Å². The minimum Gasteiger partial charge on any atom is -0.497 e. The Bertz CT molecular complexity index is 695. The van der Waals surface area contributed by atoms with Crippen molar-refractivity contribution in [1.29, 1.82) is 0 Å². The van der Waals surface area contributed by atoms with E-state index in [1.54, 1.807) is 7.11 Å². The molecule has 0 radical (unpaired) electrons. The highest BCUT2D eigenvalue weighted by atomic mass is 16.5. The summed E-state index contributed by atoms with van der Waals surface area (Å²) >= 11 is 0. The Labute approximate surface area is 130 Å². The zero-order valence-corrected chi connectivity index (χ0v) is 12.7. The van der Waals surface area contributed by atoms with Crippen molar-refractivity contribution < 1.29 is 9.53 Å². The van der Waals surface area contributed by atoms with Gasteiger partial charge in [-0.2, -0.15) is 0 Å². The van der Waals surface area contributed by atoms with Gasteiger partial charge in [-0.15, -0.1) is 0 Å². The van der Waals surface area contributed by atoms with Crippen molar-refractivity contribution in [3.05, 3.63) is 65.7 Å². The molecule has 2 aromatic rings. The number of ether oxygens (including phenoxy) is 1. The summed E-state index contributed by atoms with van der Waals surface area (Å²) in [5.41, 5.74) is 2.37. The molecule has 1 saturated carbocycles. The summed E-state index contributed by atoms with van der Waals surface area (Å²) in [5, 5.41) is 0. The van der Waals surface area contributed by atoms with Gasteiger partial charge >= 0.3 is 0 Å². The first-order valence-corrected chi connectivity index (χ1v) is 7.73. The lowest BCUT2D eigenvalue weighted by atomic mass is 10.0. The Morgan fingerprint density at radius 2 is 1.86 bits per heavy atom. The van der Waals surface area contributed by atoms with E-state index in [-0.39, 0.29) is 11.4 Å². The van der Waals surface area contributed by atoms with Gasteiger partial charge < -0.3 is 9.64 Å². The van der Waals surface area contributed by atoms with E-state index < -0.39 is 0 Å². The molecule has 2 atom stereocenters. The topological polar surface area (TPSA) is 29.5 Å². The van der Waals surface area contributed by atoms with Gasteiger partial charge in [0.2, 0.25) is 5.91 Å². The lowest BCUT2D eigenvalue weighted by Crippen LogP contribution is -2.35. The molecule has 0 unspecified atom stereocenters. The molecule has 2 aliphatic rings. The number of benzene rings is 2. The number of methoxy groups -OCH3 is 1. The molecule has 22 heavy (non-hydrogen) atoms. The van der Waals surface area contributed by atoms with E-state index in [1.165, 1.54) is 5.56 Å². The van der Waals surface area contributed by atoms with E-state index in [1.807, 2.05) is 30.3 Å². The number of piperidine rings is 1. The molecule has 4 rings (SSSR count). The number of amides is 1. The van der Waals surface area contributed by atoms with Gasteiger partial charge in [0.25, 0.3) is 0 Å². The minimum absolute atomic E-state index is 0.0573. The maximum Gasteiger partial charge on any atom is 0.223 e. The van der Waals surface area contributed by atoms with Crippen molar-refractivity contribution in [2.24, 2.45) is 5.92 Å². The van der Waals surface area contributed by atoms with Crippen LogP contribution in [-0.2, 0) is 16.9 Å². The Balaban J connectivity index is 1.63. The van der Waals surface area contributed by atoms with E-state index in [0.29, 0.717) is 18.9 Å². The summed E-state index contributed by atoms with van der Waals surface area (Å²) in [6, 6.07) is 18.5. The SMILES string of the molecule is COc1ccc(CN2C(=O)C[C@H]3C[C@]32c2ccccc2)cc1. The molecule has 0 spiro atoms. The first-order chi connectivity index (χ1) is 10.7. The molecular formula is C19H19NO2. The van der Waals surface area contributed by atoms with Crippen molar-refractivity contribution >= 4 is 5.91 Å². The van der Waals surface area contributed by atoms with E-state index in [2.05, 4.69) is 29.2 Å². The van der Waals surface area contributed by atoms with Crippen molar-refractivity contribution in [2.45, 2.75) is 24.9 Å². The molecule has 3 heteroatoms. The molecule has 1 heterocycles. The highest BCUT2D eigenvalue weighted by molar-refractivity contribution is 5.83. The predicted molar refractivity (Wildman–Crippen MR) is 84.4 cm³/mol.